The lowest BCUT2D eigenvalue weighted by Crippen LogP contribution is -2.49. The molecule has 2 aromatic carbocycles. The van der Waals surface area contributed by atoms with Gasteiger partial charge in [-0.1, -0.05) is 23.7 Å². The molecular formula is C25H24ClFN6O. The van der Waals surface area contributed by atoms with Gasteiger partial charge in [-0.25, -0.2) is 19.2 Å². The number of nitrogens with one attached hydrogen (secondary N) is 1. The minimum Gasteiger partial charge on any atom is -0.322 e. The zero-order valence-corrected chi connectivity index (χ0v) is 19.5. The molecule has 34 heavy (non-hydrogen) atoms. The third-order valence-corrected chi connectivity index (χ3v) is 6.41. The van der Waals surface area contributed by atoms with Gasteiger partial charge in [0.15, 0.2) is 5.65 Å². The molecule has 1 saturated heterocycles. The zero-order chi connectivity index (χ0) is 23.7. The predicted molar refractivity (Wildman–Crippen MR) is 131 cm³/mol. The van der Waals surface area contributed by atoms with Gasteiger partial charge < -0.3 is 10.2 Å². The van der Waals surface area contributed by atoms with Crippen LogP contribution in [-0.2, 0) is 6.54 Å². The number of carbonyl (C=O) groups excluding carboxylic acids is 1. The number of nitrogens with zero attached hydrogens (tertiary/aromatic N) is 5. The molecule has 9 heteroatoms. The summed E-state index contributed by atoms with van der Waals surface area (Å²) in [6.45, 7) is 5.05. The predicted octanol–water partition coefficient (Wildman–Crippen LogP) is 4.87. The van der Waals surface area contributed by atoms with E-state index >= 15 is 0 Å². The van der Waals surface area contributed by atoms with E-state index in [1.165, 1.54) is 12.1 Å². The maximum absolute atomic E-state index is 14.0. The van der Waals surface area contributed by atoms with Gasteiger partial charge in [-0.15, -0.1) is 0 Å². The first-order valence-electron chi connectivity index (χ1n) is 11.1. The molecule has 1 fully saturated rings. The van der Waals surface area contributed by atoms with E-state index in [1.54, 1.807) is 23.2 Å². The molecule has 0 spiro atoms. The van der Waals surface area contributed by atoms with Gasteiger partial charge in [0.05, 0.1) is 12.2 Å². The number of halogens is 2. The van der Waals surface area contributed by atoms with Crippen molar-refractivity contribution in [1.29, 1.82) is 0 Å². The summed E-state index contributed by atoms with van der Waals surface area (Å²) >= 11 is 6.17. The number of amides is 2. The fourth-order valence-electron chi connectivity index (χ4n) is 4.13. The van der Waals surface area contributed by atoms with Crippen molar-refractivity contribution < 1.29 is 9.18 Å². The second-order valence-corrected chi connectivity index (χ2v) is 8.75. The molecule has 0 unspecified atom stereocenters. The molecule has 174 valence electrons. The van der Waals surface area contributed by atoms with Gasteiger partial charge in [0.1, 0.15) is 17.2 Å². The molecule has 1 aliphatic heterocycles. The number of piperazine rings is 1. The Labute approximate surface area is 201 Å². The normalized spacial score (nSPS) is 14.5. The minimum atomic E-state index is -0.310. The third-order valence-electron chi connectivity index (χ3n) is 6.00. The molecule has 4 aromatic rings. The summed E-state index contributed by atoms with van der Waals surface area (Å²) in [6.07, 6.45) is 1.71. The number of carbonyl (C=O) groups is 1. The van der Waals surface area contributed by atoms with Crippen LogP contribution in [0.2, 0.25) is 5.02 Å². The monoisotopic (exact) mass is 478 g/mol. The second-order valence-electron chi connectivity index (χ2n) is 8.35. The average molecular weight is 479 g/mol. The Morgan fingerprint density at radius 2 is 1.91 bits per heavy atom. The first kappa shape index (κ1) is 22.3. The summed E-state index contributed by atoms with van der Waals surface area (Å²) in [7, 11) is 0. The van der Waals surface area contributed by atoms with Crippen LogP contribution in [-0.4, -0.2) is 56.5 Å². The lowest BCUT2D eigenvalue weighted by Gasteiger charge is -2.34. The van der Waals surface area contributed by atoms with E-state index in [2.05, 4.69) is 15.2 Å². The lowest BCUT2D eigenvalue weighted by molar-refractivity contribution is 0.140. The van der Waals surface area contributed by atoms with Gasteiger partial charge in [-0.2, -0.15) is 0 Å². The maximum atomic E-state index is 14.0. The standard InChI is InChI=1S/C25H24ClFN6O/c1-17-7-8-19(15-21(17)26)29-25(34)32-12-10-31(11-13-32)16-23-30-22-6-3-9-28-24(22)33(23)20-5-2-4-18(27)14-20/h2-9,14-15H,10-13,16H2,1H3,(H,29,34). The van der Waals surface area contributed by atoms with Crippen LogP contribution >= 0.6 is 11.6 Å². The molecule has 0 atom stereocenters. The number of pyridine rings is 1. The summed E-state index contributed by atoms with van der Waals surface area (Å²) in [5.41, 5.74) is 3.78. The first-order valence-corrected chi connectivity index (χ1v) is 11.5. The van der Waals surface area contributed by atoms with Gasteiger partial charge in [0.25, 0.3) is 0 Å². The van der Waals surface area contributed by atoms with Crippen LogP contribution in [0.25, 0.3) is 16.9 Å². The van der Waals surface area contributed by atoms with Crippen molar-refractivity contribution in [3.63, 3.8) is 0 Å². The Balaban J connectivity index is 1.28. The number of hydrogen-bond acceptors (Lipinski definition) is 4. The Hall–Kier alpha value is -3.49. The Bertz CT molecular complexity index is 1350. The van der Waals surface area contributed by atoms with Crippen LogP contribution < -0.4 is 5.32 Å². The number of aryl methyl sites for hydroxylation is 1. The summed E-state index contributed by atoms with van der Waals surface area (Å²) in [5, 5.41) is 3.55. The number of aromatic nitrogens is 3. The minimum absolute atomic E-state index is 0.143. The molecule has 3 heterocycles. The maximum Gasteiger partial charge on any atom is 0.321 e. The fraction of sp³-hybridized carbons (Fsp3) is 0.240. The Morgan fingerprint density at radius 1 is 1.09 bits per heavy atom. The Morgan fingerprint density at radius 3 is 2.68 bits per heavy atom. The van der Waals surface area contributed by atoms with Crippen molar-refractivity contribution in [2.75, 3.05) is 31.5 Å². The smallest absolute Gasteiger partial charge is 0.321 e. The molecule has 0 saturated carbocycles. The van der Waals surface area contributed by atoms with E-state index in [0.29, 0.717) is 54.8 Å². The number of imidazole rings is 1. The summed E-state index contributed by atoms with van der Waals surface area (Å²) in [6, 6.07) is 15.5. The van der Waals surface area contributed by atoms with E-state index < -0.39 is 0 Å². The molecule has 1 N–H and O–H groups in total. The topological polar surface area (TPSA) is 66.3 Å². The van der Waals surface area contributed by atoms with Crippen molar-refractivity contribution in [2.45, 2.75) is 13.5 Å². The molecule has 2 aromatic heterocycles. The van der Waals surface area contributed by atoms with Crippen LogP contribution in [0, 0.1) is 12.7 Å². The molecular weight excluding hydrogens is 455 g/mol. The third kappa shape index (κ3) is 4.60. The highest BCUT2D eigenvalue weighted by atomic mass is 35.5. The van der Waals surface area contributed by atoms with Gasteiger partial charge in [-0.05, 0) is 55.0 Å². The quantitative estimate of drug-likeness (QED) is 0.454. The molecule has 5 rings (SSSR count). The number of fused-ring (bicyclic) bond motifs is 1. The molecule has 1 aliphatic rings. The number of urea groups is 1. The van der Waals surface area contributed by atoms with E-state index in [1.807, 2.05) is 41.8 Å². The first-order chi connectivity index (χ1) is 16.5. The van der Waals surface area contributed by atoms with E-state index in [4.69, 9.17) is 16.6 Å². The van der Waals surface area contributed by atoms with Crippen LogP contribution in [0.5, 0.6) is 0 Å². The van der Waals surface area contributed by atoms with E-state index in [9.17, 15) is 9.18 Å². The van der Waals surface area contributed by atoms with Crippen molar-refractivity contribution >= 4 is 34.5 Å². The van der Waals surface area contributed by atoms with Gasteiger partial charge in [-0.3, -0.25) is 9.47 Å². The highest BCUT2D eigenvalue weighted by Crippen LogP contribution is 2.23. The summed E-state index contributed by atoms with van der Waals surface area (Å²) < 4.78 is 15.9. The molecule has 0 bridgehead atoms. The van der Waals surface area contributed by atoms with Crippen molar-refractivity contribution in [1.82, 2.24) is 24.3 Å². The van der Waals surface area contributed by atoms with Crippen LogP contribution in [0.4, 0.5) is 14.9 Å². The van der Waals surface area contributed by atoms with Crippen LogP contribution in [0.1, 0.15) is 11.4 Å². The van der Waals surface area contributed by atoms with E-state index in [0.717, 1.165) is 16.9 Å². The van der Waals surface area contributed by atoms with Gasteiger partial charge in [0.2, 0.25) is 0 Å². The molecule has 0 radical (unpaired) electrons. The summed E-state index contributed by atoms with van der Waals surface area (Å²) in [5.74, 6) is 0.474. The number of anilines is 1. The zero-order valence-electron chi connectivity index (χ0n) is 18.7. The van der Waals surface area contributed by atoms with Gasteiger partial charge in [0, 0.05) is 43.1 Å². The van der Waals surface area contributed by atoms with Crippen molar-refractivity contribution in [3.8, 4) is 5.69 Å². The largest absolute Gasteiger partial charge is 0.322 e. The second kappa shape index (κ2) is 9.40. The van der Waals surface area contributed by atoms with Crippen LogP contribution in [0.15, 0.2) is 60.8 Å². The van der Waals surface area contributed by atoms with Crippen LogP contribution in [0.3, 0.4) is 0 Å². The number of hydrogen-bond donors (Lipinski definition) is 1. The fourth-order valence-corrected chi connectivity index (χ4v) is 4.31. The SMILES string of the molecule is Cc1ccc(NC(=O)N2CCN(Cc3nc4cccnc4n3-c3cccc(F)c3)CC2)cc1Cl. The highest BCUT2D eigenvalue weighted by Gasteiger charge is 2.23. The Kier molecular flexibility index (Phi) is 6.17. The molecule has 0 aliphatic carbocycles. The van der Waals surface area contributed by atoms with Crippen molar-refractivity contribution in [3.05, 3.63) is 83.0 Å². The number of rotatable bonds is 4. The lowest BCUT2D eigenvalue weighted by atomic mass is 10.2. The molecule has 7 nitrogen and oxygen atoms in total. The summed E-state index contributed by atoms with van der Waals surface area (Å²) in [4.78, 5) is 26.0. The number of benzene rings is 2. The van der Waals surface area contributed by atoms with Gasteiger partial charge >= 0.3 is 6.03 Å². The van der Waals surface area contributed by atoms with E-state index in [-0.39, 0.29) is 11.8 Å². The average Bonchev–Trinajstić information content (AvgIpc) is 3.19. The van der Waals surface area contributed by atoms with Crippen molar-refractivity contribution in [2.24, 2.45) is 0 Å². The molecule has 2 amide bonds. The highest BCUT2D eigenvalue weighted by molar-refractivity contribution is 6.31.